The molecular formula is C9H12O3S. The van der Waals surface area contributed by atoms with Gasteiger partial charge in [0.2, 0.25) is 0 Å². The van der Waals surface area contributed by atoms with E-state index in [9.17, 15) is 13.5 Å². The quantitative estimate of drug-likeness (QED) is 0.805. The lowest BCUT2D eigenvalue weighted by atomic mass is 10.3. The Morgan fingerprint density at radius 3 is 2.46 bits per heavy atom. The molecule has 0 radical (unpaired) electrons. The van der Waals surface area contributed by atoms with E-state index < -0.39 is 9.84 Å². The zero-order chi connectivity index (χ0) is 9.90. The molecule has 0 saturated carbocycles. The first-order valence-corrected chi connectivity index (χ1v) is 5.74. The molecule has 3 nitrogen and oxygen atoms in total. The standard InChI is InChI=1S/C9H12O3S/c1-2-7-13(11,12)9-6-4-3-5-8(9)10/h3-6,10H,2,7H2,1H3. The molecule has 1 rings (SSSR count). The average Bonchev–Trinajstić information content (AvgIpc) is 2.04. The van der Waals surface area contributed by atoms with Crippen LogP contribution in [0.3, 0.4) is 0 Å². The molecule has 0 unspecified atom stereocenters. The number of sulfone groups is 1. The van der Waals surface area contributed by atoms with Gasteiger partial charge in [0, 0.05) is 0 Å². The SMILES string of the molecule is CCCS(=O)(=O)c1ccccc1O. The van der Waals surface area contributed by atoms with Crippen molar-refractivity contribution in [2.45, 2.75) is 18.2 Å². The summed E-state index contributed by atoms with van der Waals surface area (Å²) < 4.78 is 23.0. The molecule has 4 heteroatoms. The summed E-state index contributed by atoms with van der Waals surface area (Å²) in [7, 11) is -3.29. The zero-order valence-electron chi connectivity index (χ0n) is 7.40. The van der Waals surface area contributed by atoms with Crippen LogP contribution in [0.15, 0.2) is 29.2 Å². The Morgan fingerprint density at radius 2 is 1.92 bits per heavy atom. The topological polar surface area (TPSA) is 54.4 Å². The summed E-state index contributed by atoms with van der Waals surface area (Å²) in [6.07, 6.45) is 0.552. The van der Waals surface area contributed by atoms with Crippen LogP contribution >= 0.6 is 0 Å². The van der Waals surface area contributed by atoms with Gasteiger partial charge in [-0.15, -0.1) is 0 Å². The predicted molar refractivity (Wildman–Crippen MR) is 50.5 cm³/mol. The first kappa shape index (κ1) is 10.1. The highest BCUT2D eigenvalue weighted by atomic mass is 32.2. The molecule has 1 aromatic rings. The smallest absolute Gasteiger partial charge is 0.182 e. The second-order valence-corrected chi connectivity index (χ2v) is 4.86. The molecule has 0 heterocycles. The molecule has 0 aliphatic rings. The van der Waals surface area contributed by atoms with E-state index in [1.807, 2.05) is 0 Å². The number of phenols is 1. The van der Waals surface area contributed by atoms with Crippen molar-refractivity contribution in [2.75, 3.05) is 5.75 Å². The number of hydrogen-bond donors (Lipinski definition) is 1. The summed E-state index contributed by atoms with van der Waals surface area (Å²) in [5.74, 6) is -0.0964. The summed E-state index contributed by atoms with van der Waals surface area (Å²) in [6.45, 7) is 1.79. The highest BCUT2D eigenvalue weighted by molar-refractivity contribution is 7.91. The molecule has 0 spiro atoms. The van der Waals surface area contributed by atoms with E-state index in [0.29, 0.717) is 6.42 Å². The van der Waals surface area contributed by atoms with Crippen molar-refractivity contribution in [1.29, 1.82) is 0 Å². The molecule has 0 aromatic heterocycles. The number of phenolic OH excluding ortho intramolecular Hbond substituents is 1. The summed E-state index contributed by atoms with van der Waals surface area (Å²) in [6, 6.07) is 5.99. The molecule has 0 aliphatic carbocycles. The van der Waals surface area contributed by atoms with Gasteiger partial charge in [-0.1, -0.05) is 19.1 Å². The molecule has 0 bridgehead atoms. The number of para-hydroxylation sites is 1. The second-order valence-electron chi connectivity index (χ2n) is 2.79. The monoisotopic (exact) mass is 200 g/mol. The van der Waals surface area contributed by atoms with Crippen molar-refractivity contribution in [3.8, 4) is 5.75 Å². The van der Waals surface area contributed by atoms with E-state index in [0.717, 1.165) is 0 Å². The van der Waals surface area contributed by atoms with E-state index in [4.69, 9.17) is 0 Å². The van der Waals surface area contributed by atoms with Crippen LogP contribution < -0.4 is 0 Å². The van der Waals surface area contributed by atoms with Crippen LogP contribution in [0, 0.1) is 0 Å². The van der Waals surface area contributed by atoms with Crippen LogP contribution in [-0.4, -0.2) is 19.3 Å². The van der Waals surface area contributed by atoms with Crippen LogP contribution in [0.2, 0.25) is 0 Å². The lowest BCUT2D eigenvalue weighted by molar-refractivity contribution is 0.458. The average molecular weight is 200 g/mol. The molecule has 0 aliphatic heterocycles. The lowest BCUT2D eigenvalue weighted by Gasteiger charge is -2.03. The Labute approximate surface area is 77.9 Å². The van der Waals surface area contributed by atoms with Gasteiger partial charge in [0.05, 0.1) is 5.75 Å². The normalized spacial score (nSPS) is 11.5. The fraction of sp³-hybridized carbons (Fsp3) is 0.333. The Morgan fingerprint density at radius 1 is 1.31 bits per heavy atom. The molecule has 13 heavy (non-hydrogen) atoms. The minimum absolute atomic E-state index is 0.0249. The number of rotatable bonds is 3. The van der Waals surface area contributed by atoms with Crippen molar-refractivity contribution in [3.05, 3.63) is 24.3 Å². The van der Waals surface area contributed by atoms with Gasteiger partial charge in [0.15, 0.2) is 9.84 Å². The minimum atomic E-state index is -3.29. The fourth-order valence-corrected chi connectivity index (χ4v) is 2.53. The van der Waals surface area contributed by atoms with E-state index in [1.54, 1.807) is 19.1 Å². The van der Waals surface area contributed by atoms with E-state index in [-0.39, 0.29) is 16.4 Å². The highest BCUT2D eigenvalue weighted by Crippen LogP contribution is 2.22. The second kappa shape index (κ2) is 3.79. The maximum atomic E-state index is 11.5. The van der Waals surface area contributed by atoms with Gasteiger partial charge in [-0.3, -0.25) is 0 Å². The van der Waals surface area contributed by atoms with Gasteiger partial charge in [-0.05, 0) is 18.6 Å². The minimum Gasteiger partial charge on any atom is -0.507 e. The third-order valence-corrected chi connectivity index (χ3v) is 3.63. The third-order valence-electron chi connectivity index (χ3n) is 1.67. The molecule has 0 fully saturated rings. The Hall–Kier alpha value is -1.03. The predicted octanol–water partition coefficient (Wildman–Crippen LogP) is 1.58. The molecule has 1 aromatic carbocycles. The highest BCUT2D eigenvalue weighted by Gasteiger charge is 2.16. The summed E-state index contributed by atoms with van der Waals surface area (Å²) in [5.41, 5.74) is 0. The fourth-order valence-electron chi connectivity index (χ4n) is 1.10. The van der Waals surface area contributed by atoms with Crippen molar-refractivity contribution < 1.29 is 13.5 Å². The molecule has 1 N–H and O–H groups in total. The van der Waals surface area contributed by atoms with Gasteiger partial charge in [0.25, 0.3) is 0 Å². The molecule has 0 atom stereocenters. The van der Waals surface area contributed by atoms with Gasteiger partial charge >= 0.3 is 0 Å². The van der Waals surface area contributed by atoms with Gasteiger partial charge in [-0.25, -0.2) is 8.42 Å². The van der Waals surface area contributed by atoms with Gasteiger partial charge in [-0.2, -0.15) is 0 Å². The van der Waals surface area contributed by atoms with E-state index in [2.05, 4.69) is 0 Å². The lowest BCUT2D eigenvalue weighted by Crippen LogP contribution is -2.05. The number of hydrogen-bond acceptors (Lipinski definition) is 3. The summed E-state index contributed by atoms with van der Waals surface area (Å²) in [4.78, 5) is 0.0249. The van der Waals surface area contributed by atoms with Crippen LogP contribution in [0.5, 0.6) is 5.75 Å². The van der Waals surface area contributed by atoms with Crippen molar-refractivity contribution >= 4 is 9.84 Å². The zero-order valence-corrected chi connectivity index (χ0v) is 8.21. The van der Waals surface area contributed by atoms with Crippen LogP contribution in [-0.2, 0) is 9.84 Å². The van der Waals surface area contributed by atoms with Gasteiger partial charge in [0.1, 0.15) is 10.6 Å². The van der Waals surface area contributed by atoms with Crippen molar-refractivity contribution in [1.82, 2.24) is 0 Å². The Kier molecular flexibility index (Phi) is 2.93. The number of benzene rings is 1. The largest absolute Gasteiger partial charge is 0.507 e. The Balaban J connectivity index is 3.15. The van der Waals surface area contributed by atoms with Crippen molar-refractivity contribution in [2.24, 2.45) is 0 Å². The van der Waals surface area contributed by atoms with Crippen LogP contribution in [0.1, 0.15) is 13.3 Å². The van der Waals surface area contributed by atoms with Crippen LogP contribution in [0.4, 0.5) is 0 Å². The van der Waals surface area contributed by atoms with Crippen molar-refractivity contribution in [3.63, 3.8) is 0 Å². The summed E-state index contributed by atoms with van der Waals surface area (Å²) in [5, 5.41) is 9.29. The Bertz CT molecular complexity index is 382. The van der Waals surface area contributed by atoms with E-state index in [1.165, 1.54) is 12.1 Å². The maximum Gasteiger partial charge on any atom is 0.182 e. The van der Waals surface area contributed by atoms with Crippen LogP contribution in [0.25, 0.3) is 0 Å². The van der Waals surface area contributed by atoms with E-state index >= 15 is 0 Å². The third kappa shape index (κ3) is 2.21. The number of aromatic hydroxyl groups is 1. The summed E-state index contributed by atoms with van der Waals surface area (Å²) >= 11 is 0. The molecule has 0 saturated heterocycles. The first-order chi connectivity index (χ1) is 6.08. The van der Waals surface area contributed by atoms with Gasteiger partial charge < -0.3 is 5.11 Å². The first-order valence-electron chi connectivity index (χ1n) is 4.08. The molecule has 72 valence electrons. The molecular weight excluding hydrogens is 188 g/mol. The maximum absolute atomic E-state index is 11.5. The molecule has 0 amide bonds.